The normalized spacial score (nSPS) is 12.3. The van der Waals surface area contributed by atoms with Gasteiger partial charge >= 0.3 is 0 Å². The molecule has 11 heteroatoms. The largest absolute Gasteiger partial charge is 0.492 e. The summed E-state index contributed by atoms with van der Waals surface area (Å²) in [5.74, 6) is -1.62. The molecule has 1 aliphatic heterocycles. The van der Waals surface area contributed by atoms with Crippen molar-refractivity contribution in [1.29, 1.82) is 0 Å². The molecule has 1 amide bonds. The molecular weight excluding hydrogens is 484 g/mol. The molecule has 0 spiro atoms. The van der Waals surface area contributed by atoms with Gasteiger partial charge in [-0.1, -0.05) is 0 Å². The summed E-state index contributed by atoms with van der Waals surface area (Å²) in [6, 6.07) is 12.4. The number of amides is 1. The van der Waals surface area contributed by atoms with E-state index >= 15 is 0 Å². The van der Waals surface area contributed by atoms with E-state index in [0.29, 0.717) is 29.9 Å². The maximum Gasteiger partial charge on any atom is 0.271 e. The van der Waals surface area contributed by atoms with E-state index in [2.05, 4.69) is 15.4 Å². The van der Waals surface area contributed by atoms with Crippen LogP contribution in [0.1, 0.15) is 15.9 Å². The Labute approximate surface area is 207 Å². The van der Waals surface area contributed by atoms with E-state index in [1.165, 1.54) is 63.9 Å². The zero-order chi connectivity index (χ0) is 25.5. The standard InChI is InChI=1S/C26H17F2N5O4/c27-16-1-4-18(5-2-16)32-14-15-9-12-36-24(15)23(26(32)35)25(34)31-17-3-6-20(19(28)13-17)37-22-8-10-29-21-7-11-30-33(21)22/h1-8,10-11,13-14H,9,12H2,(H,31,34). The summed E-state index contributed by atoms with van der Waals surface area (Å²) in [6.07, 6.45) is 5.13. The third kappa shape index (κ3) is 4.05. The molecule has 5 aromatic rings. The van der Waals surface area contributed by atoms with Crippen molar-refractivity contribution in [1.82, 2.24) is 19.2 Å². The van der Waals surface area contributed by atoms with Crippen molar-refractivity contribution in [2.45, 2.75) is 6.42 Å². The number of hydrogen-bond acceptors (Lipinski definition) is 6. The molecule has 4 heterocycles. The highest BCUT2D eigenvalue weighted by molar-refractivity contribution is 6.06. The fourth-order valence-electron chi connectivity index (χ4n) is 4.11. The van der Waals surface area contributed by atoms with Crippen molar-refractivity contribution in [3.8, 4) is 23.1 Å². The van der Waals surface area contributed by atoms with Crippen LogP contribution in [0.15, 0.2) is 78.0 Å². The topological polar surface area (TPSA) is 99.7 Å². The Morgan fingerprint density at radius 2 is 1.89 bits per heavy atom. The second-order valence-corrected chi connectivity index (χ2v) is 8.19. The molecule has 37 heavy (non-hydrogen) atoms. The Kier molecular flexibility index (Phi) is 5.37. The second kappa shape index (κ2) is 8.86. The van der Waals surface area contributed by atoms with Crippen molar-refractivity contribution in [2.75, 3.05) is 11.9 Å². The van der Waals surface area contributed by atoms with Gasteiger partial charge in [-0.3, -0.25) is 14.2 Å². The molecule has 0 aliphatic carbocycles. The number of anilines is 1. The highest BCUT2D eigenvalue weighted by Gasteiger charge is 2.27. The summed E-state index contributed by atoms with van der Waals surface area (Å²) in [5.41, 5.74) is 0.822. The van der Waals surface area contributed by atoms with Gasteiger partial charge in [-0.15, -0.1) is 0 Å². The predicted octanol–water partition coefficient (Wildman–Crippen LogP) is 4.14. The van der Waals surface area contributed by atoms with E-state index in [4.69, 9.17) is 9.47 Å². The highest BCUT2D eigenvalue weighted by Crippen LogP contribution is 2.30. The summed E-state index contributed by atoms with van der Waals surface area (Å²) in [5, 5.41) is 6.65. The Bertz CT molecular complexity index is 1730. The number of benzene rings is 2. The van der Waals surface area contributed by atoms with E-state index in [1.54, 1.807) is 12.3 Å². The number of carbonyl (C=O) groups excluding carboxylic acids is 1. The molecule has 0 radical (unpaired) electrons. The molecule has 3 aromatic heterocycles. The van der Waals surface area contributed by atoms with Gasteiger partial charge in [0.05, 0.1) is 12.8 Å². The second-order valence-electron chi connectivity index (χ2n) is 8.19. The van der Waals surface area contributed by atoms with Crippen molar-refractivity contribution in [3.63, 3.8) is 0 Å². The smallest absolute Gasteiger partial charge is 0.271 e. The molecule has 1 N–H and O–H groups in total. The molecule has 0 unspecified atom stereocenters. The maximum atomic E-state index is 14.9. The molecule has 0 fully saturated rings. The minimum Gasteiger partial charge on any atom is -0.492 e. The van der Waals surface area contributed by atoms with Crippen LogP contribution < -0.4 is 20.3 Å². The summed E-state index contributed by atoms with van der Waals surface area (Å²) in [7, 11) is 0. The lowest BCUT2D eigenvalue weighted by Crippen LogP contribution is -2.29. The minimum atomic E-state index is -0.764. The lowest BCUT2D eigenvalue weighted by atomic mass is 10.1. The van der Waals surface area contributed by atoms with Crippen LogP contribution in [0.3, 0.4) is 0 Å². The number of halogens is 2. The van der Waals surface area contributed by atoms with Crippen LogP contribution in [0.25, 0.3) is 11.3 Å². The lowest BCUT2D eigenvalue weighted by Gasteiger charge is -2.13. The van der Waals surface area contributed by atoms with Gasteiger partial charge in [0.1, 0.15) is 17.1 Å². The Balaban J connectivity index is 1.30. The number of fused-ring (bicyclic) bond motifs is 2. The summed E-state index contributed by atoms with van der Waals surface area (Å²) >= 11 is 0. The predicted molar refractivity (Wildman–Crippen MR) is 129 cm³/mol. The number of hydrogen-bond donors (Lipinski definition) is 1. The number of ether oxygens (including phenoxy) is 2. The van der Waals surface area contributed by atoms with Crippen molar-refractivity contribution >= 4 is 17.2 Å². The van der Waals surface area contributed by atoms with Crippen LogP contribution >= 0.6 is 0 Å². The maximum absolute atomic E-state index is 14.9. The molecular formula is C26H17F2N5O4. The quantitative estimate of drug-likeness (QED) is 0.389. The zero-order valence-electron chi connectivity index (χ0n) is 19.0. The number of rotatable bonds is 5. The van der Waals surface area contributed by atoms with Gasteiger partial charge in [0.25, 0.3) is 11.5 Å². The summed E-state index contributed by atoms with van der Waals surface area (Å²) in [4.78, 5) is 30.6. The minimum absolute atomic E-state index is 0.0939. The molecule has 0 saturated carbocycles. The van der Waals surface area contributed by atoms with Crippen LogP contribution in [0, 0.1) is 11.6 Å². The van der Waals surface area contributed by atoms with Gasteiger partial charge < -0.3 is 14.8 Å². The van der Waals surface area contributed by atoms with Crippen LogP contribution in [-0.4, -0.2) is 31.7 Å². The van der Waals surface area contributed by atoms with Crippen molar-refractivity contribution in [2.24, 2.45) is 0 Å². The molecule has 0 saturated heterocycles. The molecule has 0 bridgehead atoms. The van der Waals surface area contributed by atoms with Gasteiger partial charge in [-0.2, -0.15) is 9.61 Å². The first-order chi connectivity index (χ1) is 18.0. The molecule has 1 aliphatic rings. The first kappa shape index (κ1) is 22.4. The third-order valence-corrected chi connectivity index (χ3v) is 5.85. The van der Waals surface area contributed by atoms with Gasteiger partial charge in [0.15, 0.2) is 17.2 Å². The first-order valence-electron chi connectivity index (χ1n) is 11.2. The fourth-order valence-corrected chi connectivity index (χ4v) is 4.11. The van der Waals surface area contributed by atoms with Gasteiger partial charge in [-0.25, -0.2) is 13.8 Å². The zero-order valence-corrected chi connectivity index (χ0v) is 19.0. The SMILES string of the molecule is O=C(Nc1ccc(Oc2ccnc3ccnn23)c(F)c1)c1c2c(cn(-c3ccc(F)cc3)c1=O)CCO2. The monoisotopic (exact) mass is 501 g/mol. The van der Waals surface area contributed by atoms with Crippen molar-refractivity contribution in [3.05, 3.63) is 106 Å². The van der Waals surface area contributed by atoms with E-state index in [-0.39, 0.29) is 28.6 Å². The van der Waals surface area contributed by atoms with Gasteiger partial charge in [-0.05, 0) is 36.4 Å². The molecule has 0 atom stereocenters. The van der Waals surface area contributed by atoms with E-state index < -0.39 is 23.1 Å². The number of nitrogens with zero attached hydrogens (tertiary/aromatic N) is 4. The van der Waals surface area contributed by atoms with E-state index in [0.717, 1.165) is 6.07 Å². The van der Waals surface area contributed by atoms with Crippen LogP contribution in [0.2, 0.25) is 0 Å². The molecule has 6 rings (SSSR count). The Morgan fingerprint density at radius 1 is 1.05 bits per heavy atom. The van der Waals surface area contributed by atoms with Crippen LogP contribution in [0.5, 0.6) is 17.4 Å². The number of nitrogens with one attached hydrogen (secondary N) is 1. The van der Waals surface area contributed by atoms with Gasteiger partial charge in [0.2, 0.25) is 5.88 Å². The highest BCUT2D eigenvalue weighted by atomic mass is 19.1. The van der Waals surface area contributed by atoms with Crippen molar-refractivity contribution < 1.29 is 23.0 Å². The van der Waals surface area contributed by atoms with Crippen LogP contribution in [-0.2, 0) is 6.42 Å². The lowest BCUT2D eigenvalue weighted by molar-refractivity contribution is 0.102. The fraction of sp³-hybridized carbons (Fsp3) is 0.0769. The third-order valence-electron chi connectivity index (χ3n) is 5.85. The van der Waals surface area contributed by atoms with Gasteiger partial charge in [0, 0.05) is 54.0 Å². The van der Waals surface area contributed by atoms with Crippen LogP contribution in [0.4, 0.5) is 14.5 Å². The average Bonchev–Trinajstić information content (AvgIpc) is 3.56. The number of carbonyl (C=O) groups is 1. The molecule has 184 valence electrons. The number of pyridine rings is 1. The average molecular weight is 501 g/mol. The summed E-state index contributed by atoms with van der Waals surface area (Å²) in [6.45, 7) is 0.307. The molecule has 2 aromatic carbocycles. The Hall–Kier alpha value is -5.06. The Morgan fingerprint density at radius 3 is 2.70 bits per heavy atom. The first-order valence-corrected chi connectivity index (χ1v) is 11.2. The van der Waals surface area contributed by atoms with E-state index in [9.17, 15) is 18.4 Å². The van der Waals surface area contributed by atoms with E-state index in [1.807, 2.05) is 0 Å². The summed E-state index contributed by atoms with van der Waals surface area (Å²) < 4.78 is 42.2. The number of aromatic nitrogens is 4. The molecule has 9 nitrogen and oxygen atoms in total.